The first-order chi connectivity index (χ1) is 6.31. The minimum absolute atomic E-state index is 0.761. The van der Waals surface area contributed by atoms with Gasteiger partial charge in [0, 0.05) is 4.83 Å². The van der Waals surface area contributed by atoms with Gasteiger partial charge < -0.3 is 0 Å². The lowest BCUT2D eigenvalue weighted by molar-refractivity contribution is 0.591. The molecule has 0 aliphatic heterocycles. The number of rotatable bonds is 9. The Hall–Kier alpha value is 0.220. The first-order valence-corrected chi connectivity index (χ1v) is 6.47. The van der Waals surface area contributed by atoms with Gasteiger partial charge in [-0.25, -0.2) is 0 Å². The maximum absolute atomic E-state index is 3.72. The average Bonchev–Trinajstić information content (AvgIpc) is 2.11. The molecular weight excluding hydrogens is 224 g/mol. The van der Waals surface area contributed by atoms with E-state index in [1.165, 1.54) is 51.4 Å². The Kier molecular flexibility index (Phi) is 10.5. The summed E-state index contributed by atoms with van der Waals surface area (Å²) in [5.74, 6) is 0. The summed E-state index contributed by atoms with van der Waals surface area (Å²) in [5, 5.41) is 0. The number of hydrogen-bond donors (Lipinski definition) is 0. The minimum atomic E-state index is 0.761. The highest BCUT2D eigenvalue weighted by Gasteiger charge is 2.01. The molecule has 0 saturated heterocycles. The predicted octanol–water partition coefficient (Wildman–Crippen LogP) is 5.08. The van der Waals surface area contributed by atoms with Gasteiger partial charge in [-0.2, -0.15) is 0 Å². The Balaban J connectivity index is 3.01. The van der Waals surface area contributed by atoms with Crippen LogP contribution in [0, 0.1) is 0 Å². The number of alkyl halides is 1. The van der Waals surface area contributed by atoms with Crippen LogP contribution in [0.25, 0.3) is 0 Å². The van der Waals surface area contributed by atoms with Crippen molar-refractivity contribution in [3.8, 4) is 0 Å². The van der Waals surface area contributed by atoms with Gasteiger partial charge in [0.2, 0.25) is 0 Å². The second kappa shape index (κ2) is 10.3. The predicted molar refractivity (Wildman–Crippen MR) is 65.5 cm³/mol. The summed E-state index contributed by atoms with van der Waals surface area (Å²) >= 11 is 3.70. The van der Waals surface area contributed by atoms with E-state index in [-0.39, 0.29) is 0 Å². The third-order valence-corrected chi connectivity index (χ3v) is 3.19. The average molecular weight is 247 g/mol. The van der Waals surface area contributed by atoms with Gasteiger partial charge in [-0.05, 0) is 25.7 Å². The van der Waals surface area contributed by atoms with E-state index in [2.05, 4.69) is 29.4 Å². The highest BCUT2D eigenvalue weighted by atomic mass is 79.9. The zero-order valence-corrected chi connectivity index (χ0v) is 10.5. The van der Waals surface area contributed by atoms with Crippen LogP contribution in [0.3, 0.4) is 0 Å². The highest BCUT2D eigenvalue weighted by molar-refractivity contribution is 9.09. The summed E-state index contributed by atoms with van der Waals surface area (Å²) in [6.45, 7) is 5.97. The van der Waals surface area contributed by atoms with E-state index in [4.69, 9.17) is 0 Å². The largest absolute Gasteiger partial charge is 0.103 e. The van der Waals surface area contributed by atoms with Gasteiger partial charge in [0.1, 0.15) is 0 Å². The number of halogens is 1. The molecule has 78 valence electrons. The molecule has 0 fully saturated rings. The molecule has 13 heavy (non-hydrogen) atoms. The molecule has 0 aromatic rings. The second-order valence-electron chi connectivity index (χ2n) is 3.67. The fraction of sp³-hybridized carbons (Fsp3) is 0.833. The van der Waals surface area contributed by atoms with Gasteiger partial charge in [-0.1, -0.05) is 54.6 Å². The molecule has 1 unspecified atom stereocenters. The number of unbranched alkanes of at least 4 members (excludes halogenated alkanes) is 4. The van der Waals surface area contributed by atoms with Crippen molar-refractivity contribution < 1.29 is 0 Å². The lowest BCUT2D eigenvalue weighted by Gasteiger charge is -2.07. The zero-order chi connectivity index (χ0) is 9.94. The van der Waals surface area contributed by atoms with Crippen molar-refractivity contribution >= 4 is 15.9 Å². The SMILES string of the molecule is C=CCCCCCCC(Br)CCC. The quantitative estimate of drug-likeness (QED) is 0.303. The molecule has 0 amide bonds. The van der Waals surface area contributed by atoms with Gasteiger partial charge >= 0.3 is 0 Å². The van der Waals surface area contributed by atoms with Gasteiger partial charge in [-0.15, -0.1) is 6.58 Å². The molecule has 0 bridgehead atoms. The van der Waals surface area contributed by atoms with Gasteiger partial charge in [-0.3, -0.25) is 0 Å². The molecule has 0 rings (SSSR count). The van der Waals surface area contributed by atoms with Crippen molar-refractivity contribution in [3.05, 3.63) is 12.7 Å². The van der Waals surface area contributed by atoms with Crippen LogP contribution >= 0.6 is 15.9 Å². The Labute approximate surface area is 91.9 Å². The molecular formula is C12H23Br. The number of hydrogen-bond acceptors (Lipinski definition) is 0. The van der Waals surface area contributed by atoms with Crippen LogP contribution in [0.1, 0.15) is 58.3 Å². The Morgan fingerprint density at radius 1 is 1.15 bits per heavy atom. The van der Waals surface area contributed by atoms with Gasteiger partial charge in [0.25, 0.3) is 0 Å². The van der Waals surface area contributed by atoms with Crippen LogP contribution in [0.15, 0.2) is 12.7 Å². The van der Waals surface area contributed by atoms with Crippen molar-refractivity contribution in [2.45, 2.75) is 63.1 Å². The van der Waals surface area contributed by atoms with Gasteiger partial charge in [0.05, 0.1) is 0 Å². The molecule has 0 heterocycles. The molecule has 0 aromatic heterocycles. The lowest BCUT2D eigenvalue weighted by Crippen LogP contribution is -1.96. The number of allylic oxidation sites excluding steroid dienone is 1. The lowest BCUT2D eigenvalue weighted by atomic mass is 10.1. The molecule has 0 aliphatic rings. The van der Waals surface area contributed by atoms with Crippen molar-refractivity contribution in [2.24, 2.45) is 0 Å². The Morgan fingerprint density at radius 3 is 2.46 bits per heavy atom. The molecule has 0 aliphatic carbocycles. The van der Waals surface area contributed by atoms with Crippen LogP contribution in [-0.4, -0.2) is 4.83 Å². The van der Waals surface area contributed by atoms with Crippen LogP contribution in [0.4, 0.5) is 0 Å². The third kappa shape index (κ3) is 10.1. The normalized spacial score (nSPS) is 12.8. The summed E-state index contributed by atoms with van der Waals surface area (Å²) < 4.78 is 0. The maximum atomic E-state index is 3.72. The van der Waals surface area contributed by atoms with E-state index in [0.29, 0.717) is 0 Å². The fourth-order valence-corrected chi connectivity index (χ4v) is 2.25. The molecule has 0 N–H and O–H groups in total. The molecule has 1 atom stereocenters. The van der Waals surface area contributed by atoms with Gasteiger partial charge in [0.15, 0.2) is 0 Å². The second-order valence-corrected chi connectivity index (χ2v) is 4.96. The zero-order valence-electron chi connectivity index (χ0n) is 8.90. The van der Waals surface area contributed by atoms with E-state index >= 15 is 0 Å². The summed E-state index contributed by atoms with van der Waals surface area (Å²) in [5.41, 5.74) is 0. The molecule has 0 saturated carbocycles. The minimum Gasteiger partial charge on any atom is -0.103 e. The van der Waals surface area contributed by atoms with Crippen LogP contribution < -0.4 is 0 Å². The fourth-order valence-electron chi connectivity index (χ4n) is 1.47. The Bertz CT molecular complexity index is 110. The molecule has 0 radical (unpaired) electrons. The van der Waals surface area contributed by atoms with E-state index < -0.39 is 0 Å². The third-order valence-electron chi connectivity index (χ3n) is 2.28. The standard InChI is InChI=1S/C12H23Br/c1-3-5-6-7-8-9-11-12(13)10-4-2/h3,12H,1,4-11H2,2H3. The molecule has 1 heteroatoms. The van der Waals surface area contributed by atoms with Crippen molar-refractivity contribution in [3.63, 3.8) is 0 Å². The van der Waals surface area contributed by atoms with E-state index in [1.807, 2.05) is 6.08 Å². The van der Waals surface area contributed by atoms with E-state index in [1.54, 1.807) is 0 Å². The molecule has 0 aromatic carbocycles. The molecule has 0 nitrogen and oxygen atoms in total. The van der Waals surface area contributed by atoms with E-state index in [9.17, 15) is 0 Å². The summed E-state index contributed by atoms with van der Waals surface area (Å²) in [6.07, 6.45) is 12.6. The van der Waals surface area contributed by atoms with Crippen LogP contribution in [0.5, 0.6) is 0 Å². The van der Waals surface area contributed by atoms with Crippen LogP contribution in [-0.2, 0) is 0 Å². The first-order valence-electron chi connectivity index (χ1n) is 5.56. The highest BCUT2D eigenvalue weighted by Crippen LogP contribution is 2.16. The summed E-state index contributed by atoms with van der Waals surface area (Å²) in [4.78, 5) is 0.761. The van der Waals surface area contributed by atoms with E-state index in [0.717, 1.165) is 4.83 Å². The van der Waals surface area contributed by atoms with Crippen molar-refractivity contribution in [2.75, 3.05) is 0 Å². The summed E-state index contributed by atoms with van der Waals surface area (Å²) in [6, 6.07) is 0. The molecule has 0 spiro atoms. The smallest absolute Gasteiger partial charge is 0.0145 e. The van der Waals surface area contributed by atoms with Crippen LogP contribution in [0.2, 0.25) is 0 Å². The Morgan fingerprint density at radius 2 is 1.85 bits per heavy atom. The monoisotopic (exact) mass is 246 g/mol. The van der Waals surface area contributed by atoms with Crippen molar-refractivity contribution in [1.82, 2.24) is 0 Å². The summed E-state index contributed by atoms with van der Waals surface area (Å²) in [7, 11) is 0. The first kappa shape index (κ1) is 13.2. The van der Waals surface area contributed by atoms with Crippen molar-refractivity contribution in [1.29, 1.82) is 0 Å². The maximum Gasteiger partial charge on any atom is 0.0145 e. The topological polar surface area (TPSA) is 0 Å².